The van der Waals surface area contributed by atoms with E-state index in [9.17, 15) is 13.6 Å². The molecule has 0 aliphatic carbocycles. The largest absolute Gasteiger partial charge is 0.476 e. The molecule has 0 saturated heterocycles. The van der Waals surface area contributed by atoms with Crippen LogP contribution in [0.5, 0.6) is 0 Å². The molecule has 72 valence electrons. The second kappa shape index (κ2) is 2.79. The molecule has 0 saturated carbocycles. The predicted octanol–water partition coefficient (Wildman–Crippen LogP) is 0.905. The molecule has 13 heavy (non-hydrogen) atoms. The van der Waals surface area contributed by atoms with Crippen molar-refractivity contribution in [3.05, 3.63) is 17.5 Å². The predicted molar refractivity (Wildman–Crippen MR) is 39.5 cm³/mol. The Kier molecular flexibility index (Phi) is 2.07. The number of rotatable bonds is 2. The minimum Gasteiger partial charge on any atom is -0.476 e. The number of alkyl halides is 2. The Labute approximate surface area is 72.8 Å². The van der Waals surface area contributed by atoms with Gasteiger partial charge in [0.05, 0.1) is 0 Å². The molecule has 4 nitrogen and oxygen atoms in total. The summed E-state index contributed by atoms with van der Waals surface area (Å²) in [7, 11) is 1.47. The second-order valence-corrected chi connectivity index (χ2v) is 2.67. The van der Waals surface area contributed by atoms with Crippen LogP contribution in [0.25, 0.3) is 0 Å². The van der Waals surface area contributed by atoms with Crippen molar-refractivity contribution < 1.29 is 18.7 Å². The van der Waals surface area contributed by atoms with Gasteiger partial charge in [-0.2, -0.15) is 13.9 Å². The molecule has 1 heterocycles. The molecule has 0 bridgehead atoms. The van der Waals surface area contributed by atoms with E-state index in [0.717, 1.165) is 6.07 Å². The van der Waals surface area contributed by atoms with Crippen molar-refractivity contribution in [2.75, 3.05) is 0 Å². The van der Waals surface area contributed by atoms with E-state index in [1.165, 1.54) is 11.7 Å². The summed E-state index contributed by atoms with van der Waals surface area (Å²) < 4.78 is 26.8. The Balaban J connectivity index is 3.15. The van der Waals surface area contributed by atoms with Gasteiger partial charge in [0.25, 0.3) is 0 Å². The Morgan fingerprint density at radius 1 is 1.69 bits per heavy atom. The molecular weight excluding hydrogens is 182 g/mol. The van der Waals surface area contributed by atoms with Gasteiger partial charge >= 0.3 is 11.9 Å². The van der Waals surface area contributed by atoms with E-state index < -0.39 is 17.6 Å². The van der Waals surface area contributed by atoms with Crippen LogP contribution in [0.1, 0.15) is 11.4 Å². The Morgan fingerprint density at radius 3 is 2.54 bits per heavy atom. The number of carboxylic acid groups (broad SMARTS) is 1. The van der Waals surface area contributed by atoms with Crippen LogP contribution in [-0.2, 0) is 17.8 Å². The normalized spacial score (nSPS) is 11.7. The van der Waals surface area contributed by atoms with E-state index >= 15 is 0 Å². The van der Waals surface area contributed by atoms with Gasteiger partial charge in [-0.15, -0.1) is 0 Å². The fourth-order valence-corrected chi connectivity index (χ4v) is 0.824. The van der Waals surface area contributed by atoms with Crippen LogP contribution in [0, 0.1) is 6.92 Å². The molecule has 1 aromatic rings. The first-order valence-corrected chi connectivity index (χ1v) is 3.48. The van der Waals surface area contributed by atoms with Crippen LogP contribution < -0.4 is 0 Å². The molecule has 0 atom stereocenters. The van der Waals surface area contributed by atoms with Crippen LogP contribution in [0.4, 0.5) is 8.78 Å². The summed E-state index contributed by atoms with van der Waals surface area (Å²) in [5.74, 6) is -6.10. The fraction of sp³-hybridized carbons (Fsp3) is 0.429. The first kappa shape index (κ1) is 9.63. The van der Waals surface area contributed by atoms with Gasteiger partial charge in [0.2, 0.25) is 0 Å². The summed E-state index contributed by atoms with van der Waals surface area (Å²) in [4.78, 5) is 10.1. The van der Waals surface area contributed by atoms with Gasteiger partial charge in [-0.25, -0.2) is 4.79 Å². The SMILES string of the molecule is Cc1cc(C(F)(F)C(=O)O)nn1C. The van der Waals surface area contributed by atoms with Crippen LogP contribution >= 0.6 is 0 Å². The number of carbonyl (C=O) groups is 1. The maximum atomic E-state index is 12.8. The topological polar surface area (TPSA) is 55.1 Å². The molecule has 0 fully saturated rings. The highest BCUT2D eigenvalue weighted by molar-refractivity contribution is 5.76. The van der Waals surface area contributed by atoms with E-state index in [0.29, 0.717) is 5.69 Å². The molecule has 0 aliphatic heterocycles. The lowest BCUT2D eigenvalue weighted by Gasteiger charge is -2.06. The Bertz CT molecular complexity index is 327. The first-order valence-electron chi connectivity index (χ1n) is 3.48. The van der Waals surface area contributed by atoms with Gasteiger partial charge in [-0.1, -0.05) is 0 Å². The maximum Gasteiger partial charge on any atom is 0.386 e. The number of aromatic nitrogens is 2. The molecule has 0 amide bonds. The van der Waals surface area contributed by atoms with E-state index in [1.807, 2.05) is 0 Å². The summed E-state index contributed by atoms with van der Waals surface area (Å²) in [6.07, 6.45) is 0. The maximum absolute atomic E-state index is 12.8. The molecular formula is C7H8F2N2O2. The van der Waals surface area contributed by atoms with Crippen molar-refractivity contribution in [1.29, 1.82) is 0 Å². The third kappa shape index (κ3) is 1.51. The summed E-state index contributed by atoms with van der Waals surface area (Å²) in [5, 5.41) is 11.6. The van der Waals surface area contributed by atoms with Crippen LogP contribution in [-0.4, -0.2) is 20.9 Å². The molecule has 0 radical (unpaired) electrons. The van der Waals surface area contributed by atoms with E-state index in [1.54, 1.807) is 6.92 Å². The number of aliphatic carboxylic acids is 1. The summed E-state index contributed by atoms with van der Waals surface area (Å²) in [5.41, 5.74) is -0.254. The van der Waals surface area contributed by atoms with Gasteiger partial charge in [-0.05, 0) is 13.0 Å². The fourth-order valence-electron chi connectivity index (χ4n) is 0.824. The van der Waals surface area contributed by atoms with Crippen LogP contribution in [0.3, 0.4) is 0 Å². The highest BCUT2D eigenvalue weighted by atomic mass is 19.3. The van der Waals surface area contributed by atoms with Crippen molar-refractivity contribution in [3.8, 4) is 0 Å². The van der Waals surface area contributed by atoms with Crippen molar-refractivity contribution in [2.45, 2.75) is 12.8 Å². The molecule has 0 spiro atoms. The number of nitrogens with zero attached hydrogens (tertiary/aromatic N) is 2. The quantitative estimate of drug-likeness (QED) is 0.753. The van der Waals surface area contributed by atoms with E-state index in [4.69, 9.17) is 5.11 Å². The monoisotopic (exact) mass is 190 g/mol. The molecule has 0 unspecified atom stereocenters. The molecule has 1 N–H and O–H groups in total. The van der Waals surface area contributed by atoms with Crippen LogP contribution in [0.15, 0.2) is 6.07 Å². The molecule has 1 aromatic heterocycles. The highest BCUT2D eigenvalue weighted by Crippen LogP contribution is 2.27. The molecule has 1 rings (SSSR count). The average molecular weight is 190 g/mol. The average Bonchev–Trinajstić information content (AvgIpc) is 2.32. The minimum absolute atomic E-state index is 0.482. The summed E-state index contributed by atoms with van der Waals surface area (Å²) in [6.45, 7) is 1.56. The van der Waals surface area contributed by atoms with Gasteiger partial charge in [-0.3, -0.25) is 4.68 Å². The van der Waals surface area contributed by atoms with E-state index in [-0.39, 0.29) is 0 Å². The first-order chi connectivity index (χ1) is 5.85. The molecule has 0 aliphatic rings. The lowest BCUT2D eigenvalue weighted by Crippen LogP contribution is -2.26. The molecule has 6 heteroatoms. The lowest BCUT2D eigenvalue weighted by atomic mass is 10.2. The van der Waals surface area contributed by atoms with Gasteiger partial charge in [0.15, 0.2) is 0 Å². The van der Waals surface area contributed by atoms with Crippen LogP contribution in [0.2, 0.25) is 0 Å². The minimum atomic E-state index is -3.91. The number of hydrogen-bond donors (Lipinski definition) is 1. The number of aryl methyl sites for hydroxylation is 2. The Morgan fingerprint density at radius 2 is 2.23 bits per heavy atom. The smallest absolute Gasteiger partial charge is 0.386 e. The van der Waals surface area contributed by atoms with E-state index in [2.05, 4.69) is 5.10 Å². The van der Waals surface area contributed by atoms with Crippen molar-refractivity contribution in [3.63, 3.8) is 0 Å². The number of hydrogen-bond acceptors (Lipinski definition) is 2. The third-order valence-electron chi connectivity index (χ3n) is 1.70. The van der Waals surface area contributed by atoms with Crippen molar-refractivity contribution in [1.82, 2.24) is 9.78 Å². The standard InChI is InChI=1S/C7H8F2N2O2/c1-4-3-5(10-11(4)2)7(8,9)6(12)13/h3H,1-2H3,(H,12,13). The lowest BCUT2D eigenvalue weighted by molar-refractivity contribution is -0.167. The highest BCUT2D eigenvalue weighted by Gasteiger charge is 2.43. The zero-order valence-corrected chi connectivity index (χ0v) is 7.08. The Hall–Kier alpha value is -1.46. The van der Waals surface area contributed by atoms with Crippen molar-refractivity contribution >= 4 is 5.97 Å². The zero-order chi connectivity index (χ0) is 10.2. The zero-order valence-electron chi connectivity index (χ0n) is 7.08. The van der Waals surface area contributed by atoms with Gasteiger partial charge < -0.3 is 5.11 Å². The third-order valence-corrected chi connectivity index (χ3v) is 1.70. The summed E-state index contributed by atoms with van der Waals surface area (Å²) >= 11 is 0. The van der Waals surface area contributed by atoms with Gasteiger partial charge in [0.1, 0.15) is 5.69 Å². The number of carboxylic acids is 1. The number of halogens is 2. The van der Waals surface area contributed by atoms with Gasteiger partial charge in [0, 0.05) is 12.7 Å². The second-order valence-electron chi connectivity index (χ2n) is 2.67. The van der Waals surface area contributed by atoms with Crippen molar-refractivity contribution in [2.24, 2.45) is 7.05 Å². The summed E-state index contributed by atoms with van der Waals surface area (Å²) in [6, 6.07) is 1.05. The molecule has 0 aromatic carbocycles.